The molecule has 0 atom stereocenters. The number of imidazole rings is 1. The lowest BCUT2D eigenvalue weighted by molar-refractivity contribution is 1.11. The first-order valence-corrected chi connectivity index (χ1v) is 4.35. The third-order valence-corrected chi connectivity index (χ3v) is 1.97. The number of hydrogen-bond donors (Lipinski definition) is 1. The van der Waals surface area contributed by atoms with Crippen molar-refractivity contribution in [1.29, 1.82) is 0 Å². The fourth-order valence-electron chi connectivity index (χ4n) is 1.23. The normalized spacial score (nSPS) is 10.2. The molecule has 0 saturated heterocycles. The van der Waals surface area contributed by atoms with Gasteiger partial charge in [-0.1, -0.05) is 6.92 Å². The van der Waals surface area contributed by atoms with Gasteiger partial charge >= 0.3 is 0 Å². The van der Waals surface area contributed by atoms with Crippen molar-refractivity contribution in [2.24, 2.45) is 0 Å². The largest absolute Gasteiger partial charge is 0.343 e. The van der Waals surface area contributed by atoms with Crippen LogP contribution < -0.4 is 0 Å². The highest BCUT2D eigenvalue weighted by Crippen LogP contribution is 2.12. The van der Waals surface area contributed by atoms with Crippen molar-refractivity contribution >= 4 is 0 Å². The molecular weight excluding hydrogens is 162 g/mol. The Balaban J connectivity index is 2.41. The van der Waals surface area contributed by atoms with Gasteiger partial charge in [0.05, 0.1) is 0 Å². The van der Waals surface area contributed by atoms with Gasteiger partial charge in [0.1, 0.15) is 5.69 Å². The molecule has 0 unspecified atom stereocenters. The van der Waals surface area contributed by atoms with E-state index in [4.69, 9.17) is 0 Å². The second kappa shape index (κ2) is 3.39. The summed E-state index contributed by atoms with van der Waals surface area (Å²) in [7, 11) is 0. The summed E-state index contributed by atoms with van der Waals surface area (Å²) in [6, 6.07) is 4.07. The van der Waals surface area contributed by atoms with Gasteiger partial charge in [0.15, 0.2) is 5.82 Å². The average molecular weight is 173 g/mol. The number of rotatable bonds is 2. The van der Waals surface area contributed by atoms with E-state index in [1.54, 1.807) is 12.4 Å². The molecule has 0 aliphatic carbocycles. The summed E-state index contributed by atoms with van der Waals surface area (Å²) in [5.41, 5.74) is 2.19. The minimum atomic E-state index is 0.829. The monoisotopic (exact) mass is 173 g/mol. The SMILES string of the molecule is CCc1ccnc(-c2ncc[nH]2)c1. The third kappa shape index (κ3) is 1.59. The van der Waals surface area contributed by atoms with Crippen LogP contribution in [0.2, 0.25) is 0 Å². The highest BCUT2D eigenvalue weighted by atomic mass is 14.9. The predicted octanol–water partition coefficient (Wildman–Crippen LogP) is 2.03. The molecule has 0 spiro atoms. The first kappa shape index (κ1) is 7.98. The molecule has 0 aromatic carbocycles. The van der Waals surface area contributed by atoms with E-state index in [1.807, 2.05) is 12.3 Å². The quantitative estimate of drug-likeness (QED) is 0.755. The fourth-order valence-corrected chi connectivity index (χ4v) is 1.23. The van der Waals surface area contributed by atoms with Gasteiger partial charge in [-0.2, -0.15) is 0 Å². The number of pyridine rings is 1. The van der Waals surface area contributed by atoms with Crippen molar-refractivity contribution in [3.63, 3.8) is 0 Å². The van der Waals surface area contributed by atoms with E-state index in [9.17, 15) is 0 Å². The zero-order valence-electron chi connectivity index (χ0n) is 7.49. The van der Waals surface area contributed by atoms with E-state index in [-0.39, 0.29) is 0 Å². The smallest absolute Gasteiger partial charge is 0.155 e. The summed E-state index contributed by atoms with van der Waals surface area (Å²) in [4.78, 5) is 11.4. The van der Waals surface area contributed by atoms with Gasteiger partial charge in [0, 0.05) is 18.6 Å². The summed E-state index contributed by atoms with van der Waals surface area (Å²) in [5, 5.41) is 0. The van der Waals surface area contributed by atoms with Gasteiger partial charge < -0.3 is 4.98 Å². The molecule has 3 heteroatoms. The Kier molecular flexibility index (Phi) is 2.08. The van der Waals surface area contributed by atoms with E-state index in [0.717, 1.165) is 17.9 Å². The molecule has 0 radical (unpaired) electrons. The molecule has 0 amide bonds. The molecule has 0 aliphatic heterocycles. The molecule has 0 saturated carbocycles. The van der Waals surface area contributed by atoms with Crippen molar-refractivity contribution in [3.8, 4) is 11.5 Å². The Bertz CT molecular complexity index is 379. The van der Waals surface area contributed by atoms with E-state index >= 15 is 0 Å². The van der Waals surface area contributed by atoms with Crippen LogP contribution in [-0.4, -0.2) is 15.0 Å². The molecule has 2 aromatic rings. The summed E-state index contributed by atoms with van der Waals surface area (Å²) in [6.07, 6.45) is 6.37. The van der Waals surface area contributed by atoms with E-state index in [2.05, 4.69) is 27.9 Å². The number of aryl methyl sites for hydroxylation is 1. The molecule has 2 heterocycles. The zero-order valence-corrected chi connectivity index (χ0v) is 7.49. The van der Waals surface area contributed by atoms with Crippen LogP contribution in [0.5, 0.6) is 0 Å². The summed E-state index contributed by atoms with van der Waals surface area (Å²) in [6.45, 7) is 2.13. The van der Waals surface area contributed by atoms with Crippen molar-refractivity contribution in [1.82, 2.24) is 15.0 Å². The van der Waals surface area contributed by atoms with Gasteiger partial charge in [0.25, 0.3) is 0 Å². The number of hydrogen-bond acceptors (Lipinski definition) is 2. The van der Waals surface area contributed by atoms with E-state index in [0.29, 0.717) is 0 Å². The van der Waals surface area contributed by atoms with Crippen molar-refractivity contribution in [3.05, 3.63) is 36.3 Å². The lowest BCUT2D eigenvalue weighted by Gasteiger charge is -1.98. The number of H-pyrrole nitrogens is 1. The molecule has 0 fully saturated rings. The highest BCUT2D eigenvalue weighted by Gasteiger charge is 2.00. The maximum absolute atomic E-state index is 4.24. The molecule has 2 rings (SSSR count). The standard InChI is InChI=1S/C10H11N3/c1-2-8-3-4-11-9(7-8)10-12-5-6-13-10/h3-7H,2H2,1H3,(H,12,13). The molecule has 66 valence electrons. The second-order valence-corrected chi connectivity index (χ2v) is 2.84. The van der Waals surface area contributed by atoms with Gasteiger partial charge in [-0.15, -0.1) is 0 Å². The molecule has 0 aliphatic rings. The van der Waals surface area contributed by atoms with Crippen molar-refractivity contribution in [2.75, 3.05) is 0 Å². The fraction of sp³-hybridized carbons (Fsp3) is 0.200. The van der Waals surface area contributed by atoms with E-state index < -0.39 is 0 Å². The molecule has 3 nitrogen and oxygen atoms in total. The van der Waals surface area contributed by atoms with Crippen LogP contribution in [0.4, 0.5) is 0 Å². The van der Waals surface area contributed by atoms with Crippen LogP contribution in [0.3, 0.4) is 0 Å². The topological polar surface area (TPSA) is 41.6 Å². The van der Waals surface area contributed by atoms with Gasteiger partial charge in [-0.3, -0.25) is 4.98 Å². The third-order valence-electron chi connectivity index (χ3n) is 1.97. The maximum atomic E-state index is 4.24. The van der Waals surface area contributed by atoms with Crippen LogP contribution in [0, 0.1) is 0 Å². The minimum absolute atomic E-state index is 0.829. The van der Waals surface area contributed by atoms with Gasteiger partial charge in [-0.25, -0.2) is 4.98 Å². The summed E-state index contributed by atoms with van der Waals surface area (Å²) < 4.78 is 0. The number of nitrogens with zero attached hydrogens (tertiary/aromatic N) is 2. The van der Waals surface area contributed by atoms with Crippen LogP contribution in [-0.2, 0) is 6.42 Å². The maximum Gasteiger partial charge on any atom is 0.155 e. The minimum Gasteiger partial charge on any atom is -0.343 e. The molecule has 2 aromatic heterocycles. The van der Waals surface area contributed by atoms with Gasteiger partial charge in [-0.05, 0) is 24.1 Å². The molecule has 13 heavy (non-hydrogen) atoms. The highest BCUT2D eigenvalue weighted by molar-refractivity contribution is 5.49. The molecule has 0 bridgehead atoms. The van der Waals surface area contributed by atoms with Crippen molar-refractivity contribution in [2.45, 2.75) is 13.3 Å². The molecule has 1 N–H and O–H groups in total. The molecular formula is C10H11N3. The van der Waals surface area contributed by atoms with Crippen molar-refractivity contribution < 1.29 is 0 Å². The van der Waals surface area contributed by atoms with Crippen LogP contribution in [0.1, 0.15) is 12.5 Å². The Morgan fingerprint density at radius 2 is 2.23 bits per heavy atom. The summed E-state index contributed by atoms with van der Waals surface area (Å²) >= 11 is 0. The van der Waals surface area contributed by atoms with Crippen LogP contribution in [0.15, 0.2) is 30.7 Å². The predicted molar refractivity (Wildman–Crippen MR) is 51.2 cm³/mol. The Morgan fingerprint density at radius 3 is 2.92 bits per heavy atom. The van der Waals surface area contributed by atoms with Crippen LogP contribution >= 0.6 is 0 Å². The second-order valence-electron chi connectivity index (χ2n) is 2.84. The lowest BCUT2D eigenvalue weighted by Crippen LogP contribution is -1.88. The zero-order chi connectivity index (χ0) is 9.10. The van der Waals surface area contributed by atoms with Crippen LogP contribution in [0.25, 0.3) is 11.5 Å². The Labute approximate surface area is 76.9 Å². The lowest BCUT2D eigenvalue weighted by atomic mass is 10.2. The first-order valence-electron chi connectivity index (χ1n) is 4.35. The summed E-state index contributed by atoms with van der Waals surface area (Å²) in [5.74, 6) is 0.829. The average Bonchev–Trinajstić information content (AvgIpc) is 2.71. The Morgan fingerprint density at radius 1 is 1.31 bits per heavy atom. The number of aromatic nitrogens is 3. The number of aromatic amines is 1. The first-order chi connectivity index (χ1) is 6.40. The number of nitrogens with one attached hydrogen (secondary N) is 1. The van der Waals surface area contributed by atoms with E-state index in [1.165, 1.54) is 5.56 Å². The van der Waals surface area contributed by atoms with Gasteiger partial charge in [0.2, 0.25) is 0 Å². The Hall–Kier alpha value is -1.64.